The molecule has 0 amide bonds. The van der Waals surface area contributed by atoms with Crippen LogP contribution in [0.4, 0.5) is 11.4 Å². The summed E-state index contributed by atoms with van der Waals surface area (Å²) in [4.78, 5) is 14.2. The Morgan fingerprint density at radius 2 is 1.96 bits per heavy atom. The fourth-order valence-electron chi connectivity index (χ4n) is 4.12. The lowest BCUT2D eigenvalue weighted by atomic mass is 9.91. The van der Waals surface area contributed by atoms with Crippen LogP contribution in [0.3, 0.4) is 0 Å². The number of anilines is 2. The molecule has 146 valence electrons. The molecule has 0 aliphatic heterocycles. The molecule has 1 aliphatic carbocycles. The Balaban J connectivity index is 2.27. The van der Waals surface area contributed by atoms with Gasteiger partial charge in [0.1, 0.15) is 0 Å². The second-order valence-corrected chi connectivity index (χ2v) is 8.19. The number of hydrogen-bond acceptors (Lipinski definition) is 3. The van der Waals surface area contributed by atoms with Crippen molar-refractivity contribution in [3.8, 4) is 0 Å². The average molecular weight is 361 g/mol. The molecular formula is C22H36N2O2. The van der Waals surface area contributed by atoms with Crippen LogP contribution in [0.2, 0.25) is 0 Å². The van der Waals surface area contributed by atoms with E-state index in [2.05, 4.69) is 31.7 Å². The smallest absolute Gasteiger partial charge is 0.310 e. The average Bonchev–Trinajstić information content (AvgIpc) is 2.61. The highest BCUT2D eigenvalue weighted by Crippen LogP contribution is 2.34. The molecule has 1 unspecified atom stereocenters. The summed E-state index contributed by atoms with van der Waals surface area (Å²) < 4.78 is 0. The number of carboxylic acids is 1. The fraction of sp³-hybridized carbons (Fsp3) is 0.682. The molecule has 4 heteroatoms. The monoisotopic (exact) mass is 360 g/mol. The predicted molar refractivity (Wildman–Crippen MR) is 110 cm³/mol. The molecule has 2 rings (SSSR count). The van der Waals surface area contributed by atoms with Crippen LogP contribution >= 0.6 is 0 Å². The van der Waals surface area contributed by atoms with Gasteiger partial charge in [0, 0.05) is 12.6 Å². The molecule has 1 aliphatic rings. The molecule has 3 N–H and O–H groups in total. The van der Waals surface area contributed by atoms with Crippen LogP contribution in [0.1, 0.15) is 83.6 Å². The lowest BCUT2D eigenvalue weighted by Gasteiger charge is -2.38. The number of hydrogen-bond donors (Lipinski definition) is 2. The van der Waals surface area contributed by atoms with Crippen molar-refractivity contribution in [2.45, 2.75) is 84.1 Å². The van der Waals surface area contributed by atoms with Gasteiger partial charge >= 0.3 is 5.97 Å². The van der Waals surface area contributed by atoms with Gasteiger partial charge in [-0.25, -0.2) is 0 Å². The van der Waals surface area contributed by atoms with E-state index < -0.39 is 11.9 Å². The van der Waals surface area contributed by atoms with Crippen molar-refractivity contribution in [3.63, 3.8) is 0 Å². The Hall–Kier alpha value is -1.71. The van der Waals surface area contributed by atoms with Crippen molar-refractivity contribution in [1.82, 2.24) is 0 Å². The maximum absolute atomic E-state index is 11.7. The highest BCUT2D eigenvalue weighted by Gasteiger charge is 2.25. The highest BCUT2D eigenvalue weighted by atomic mass is 16.4. The van der Waals surface area contributed by atoms with Gasteiger partial charge in [0.25, 0.3) is 0 Å². The molecule has 0 aromatic heterocycles. The number of nitrogens with zero attached hydrogens (tertiary/aromatic N) is 1. The van der Waals surface area contributed by atoms with Crippen LogP contribution in [0.25, 0.3) is 0 Å². The molecule has 1 aromatic rings. The first kappa shape index (κ1) is 20.6. The Bertz CT molecular complexity index is 580. The number of carboxylic acid groups (broad SMARTS) is 1. The molecule has 1 atom stereocenters. The van der Waals surface area contributed by atoms with Crippen molar-refractivity contribution in [1.29, 1.82) is 0 Å². The van der Waals surface area contributed by atoms with Gasteiger partial charge in [-0.05, 0) is 42.9 Å². The third-order valence-corrected chi connectivity index (χ3v) is 5.49. The van der Waals surface area contributed by atoms with Crippen molar-refractivity contribution >= 4 is 17.3 Å². The normalized spacial score (nSPS) is 16.6. The van der Waals surface area contributed by atoms with E-state index in [1.54, 1.807) is 0 Å². The number of unbranched alkanes of at least 4 members (excludes halogenated alkanes) is 1. The number of aliphatic carboxylic acids is 1. The quantitative estimate of drug-likeness (QED) is 0.577. The van der Waals surface area contributed by atoms with Crippen molar-refractivity contribution in [2.24, 2.45) is 5.92 Å². The SMILES string of the molecule is CCCCC(C(=O)O)c1ccc(N(CC(C)C)C2CCCCC2)c(N)c1. The van der Waals surface area contributed by atoms with E-state index in [1.165, 1.54) is 32.1 Å². The van der Waals surface area contributed by atoms with Gasteiger partial charge in [0.2, 0.25) is 0 Å². The van der Waals surface area contributed by atoms with Gasteiger partial charge in [0.15, 0.2) is 0 Å². The summed E-state index contributed by atoms with van der Waals surface area (Å²) in [5.41, 5.74) is 9.07. The standard InChI is InChI=1S/C22H36N2O2/c1-4-5-11-19(22(25)26)17-12-13-21(20(23)14-17)24(15-16(2)3)18-9-7-6-8-10-18/h12-14,16,18-19H,4-11,15,23H2,1-3H3,(H,25,26). The summed E-state index contributed by atoms with van der Waals surface area (Å²) in [6.07, 6.45) is 8.94. The molecule has 1 fully saturated rings. The van der Waals surface area contributed by atoms with Crippen LogP contribution in [0, 0.1) is 5.92 Å². The van der Waals surface area contributed by atoms with Crippen molar-refractivity contribution < 1.29 is 9.90 Å². The summed E-state index contributed by atoms with van der Waals surface area (Å²) in [7, 11) is 0. The van der Waals surface area contributed by atoms with Crippen LogP contribution in [0.15, 0.2) is 18.2 Å². The molecule has 0 saturated heterocycles. The third kappa shape index (κ3) is 5.39. The van der Waals surface area contributed by atoms with E-state index >= 15 is 0 Å². The minimum Gasteiger partial charge on any atom is -0.481 e. The number of nitrogens with two attached hydrogens (primary N) is 1. The van der Waals surface area contributed by atoms with E-state index in [9.17, 15) is 9.90 Å². The van der Waals surface area contributed by atoms with Gasteiger partial charge in [-0.3, -0.25) is 4.79 Å². The fourth-order valence-corrected chi connectivity index (χ4v) is 4.12. The maximum Gasteiger partial charge on any atom is 0.310 e. The molecule has 26 heavy (non-hydrogen) atoms. The molecule has 0 heterocycles. The van der Waals surface area contributed by atoms with Crippen LogP contribution < -0.4 is 10.6 Å². The topological polar surface area (TPSA) is 66.6 Å². The summed E-state index contributed by atoms with van der Waals surface area (Å²) in [6.45, 7) is 7.56. The van der Waals surface area contributed by atoms with Crippen LogP contribution in [-0.2, 0) is 4.79 Å². The minimum atomic E-state index is -0.753. The first-order chi connectivity index (χ1) is 12.4. The lowest BCUT2D eigenvalue weighted by Crippen LogP contribution is -2.39. The van der Waals surface area contributed by atoms with E-state index in [4.69, 9.17) is 5.73 Å². The molecule has 1 saturated carbocycles. The second-order valence-electron chi connectivity index (χ2n) is 8.19. The van der Waals surface area contributed by atoms with Crippen LogP contribution in [-0.4, -0.2) is 23.7 Å². The largest absolute Gasteiger partial charge is 0.481 e. The number of nitrogen functional groups attached to an aromatic ring is 1. The molecule has 0 spiro atoms. The van der Waals surface area contributed by atoms with Gasteiger partial charge in [-0.1, -0.05) is 58.9 Å². The zero-order valence-electron chi connectivity index (χ0n) is 16.7. The first-order valence-corrected chi connectivity index (χ1v) is 10.3. The number of rotatable bonds is 9. The van der Waals surface area contributed by atoms with Gasteiger partial charge in [0.05, 0.1) is 17.3 Å². The summed E-state index contributed by atoms with van der Waals surface area (Å²) in [5, 5.41) is 9.59. The number of carbonyl (C=O) groups is 1. The van der Waals surface area contributed by atoms with Crippen molar-refractivity contribution in [2.75, 3.05) is 17.2 Å². The zero-order chi connectivity index (χ0) is 19.1. The lowest BCUT2D eigenvalue weighted by molar-refractivity contribution is -0.139. The van der Waals surface area contributed by atoms with Gasteiger partial charge in [-0.2, -0.15) is 0 Å². The van der Waals surface area contributed by atoms with E-state index in [1.807, 2.05) is 12.1 Å². The summed E-state index contributed by atoms with van der Waals surface area (Å²) in [5.74, 6) is -0.649. The molecule has 0 radical (unpaired) electrons. The molecule has 1 aromatic carbocycles. The van der Waals surface area contributed by atoms with E-state index in [0.29, 0.717) is 18.4 Å². The third-order valence-electron chi connectivity index (χ3n) is 5.49. The van der Waals surface area contributed by atoms with E-state index in [-0.39, 0.29) is 0 Å². The van der Waals surface area contributed by atoms with Gasteiger partial charge in [-0.15, -0.1) is 0 Å². The van der Waals surface area contributed by atoms with Crippen LogP contribution in [0.5, 0.6) is 0 Å². The zero-order valence-corrected chi connectivity index (χ0v) is 16.7. The maximum atomic E-state index is 11.7. The summed E-state index contributed by atoms with van der Waals surface area (Å²) >= 11 is 0. The van der Waals surface area contributed by atoms with Crippen molar-refractivity contribution in [3.05, 3.63) is 23.8 Å². The predicted octanol–water partition coefficient (Wildman–Crippen LogP) is 5.42. The number of benzene rings is 1. The molecule has 0 bridgehead atoms. The first-order valence-electron chi connectivity index (χ1n) is 10.3. The highest BCUT2D eigenvalue weighted by molar-refractivity contribution is 5.78. The Labute approximate surface area is 158 Å². The van der Waals surface area contributed by atoms with Gasteiger partial charge < -0.3 is 15.7 Å². The minimum absolute atomic E-state index is 0.459. The second kappa shape index (κ2) is 9.84. The molecular weight excluding hydrogens is 324 g/mol. The Morgan fingerprint density at radius 1 is 1.27 bits per heavy atom. The molecule has 4 nitrogen and oxygen atoms in total. The Morgan fingerprint density at radius 3 is 2.50 bits per heavy atom. The Kier molecular flexibility index (Phi) is 7.80. The van der Waals surface area contributed by atoms with E-state index in [0.717, 1.165) is 36.3 Å². The summed E-state index contributed by atoms with van der Waals surface area (Å²) in [6, 6.07) is 6.49.